The molecule has 1 nitrogen and oxygen atoms in total. The van der Waals surface area contributed by atoms with Crippen LogP contribution in [-0.4, -0.2) is 6.36 Å². The molecule has 0 atom stereocenters. The Kier molecular flexibility index (Phi) is 5.11. The average Bonchev–Trinajstić information content (AvgIpc) is 2.12. The van der Waals surface area contributed by atoms with Gasteiger partial charge in [-0.3, -0.25) is 0 Å². The second kappa shape index (κ2) is 5.58. The minimum absolute atomic E-state index is 0.109. The molecule has 5 heteroatoms. The molecule has 0 heterocycles. The number of alkyl halides is 3. The Bertz CT molecular complexity index is 307. The maximum absolute atomic E-state index is 12.4. The van der Waals surface area contributed by atoms with Crippen molar-refractivity contribution in [2.24, 2.45) is 0 Å². The minimum atomic E-state index is -4.73. The van der Waals surface area contributed by atoms with E-state index in [1.54, 1.807) is 0 Å². The number of ether oxygens (including phenoxy) is 1. The molecular weight excluding hydrogens is 212 g/mol. The summed E-state index contributed by atoms with van der Waals surface area (Å²) in [7, 11) is 0. The number of aryl methyl sites for hydroxylation is 1. The third kappa shape index (κ3) is 5.24. The maximum atomic E-state index is 12.4. The zero-order valence-electron chi connectivity index (χ0n) is 8.65. The van der Waals surface area contributed by atoms with Gasteiger partial charge in [0.15, 0.2) is 0 Å². The van der Waals surface area contributed by atoms with Crippen molar-refractivity contribution in [1.82, 2.24) is 0 Å². The monoisotopic (exact) mass is 224 g/mol. The molecule has 15 heavy (non-hydrogen) atoms. The van der Waals surface area contributed by atoms with Gasteiger partial charge >= 0.3 is 6.36 Å². The second-order valence-electron chi connectivity index (χ2n) is 2.46. The van der Waals surface area contributed by atoms with Gasteiger partial charge in [0.1, 0.15) is 11.6 Å². The fraction of sp³-hybridized carbons (Fsp3) is 0.400. The second-order valence-corrected chi connectivity index (χ2v) is 2.46. The Morgan fingerprint density at radius 1 is 1.13 bits per heavy atom. The van der Waals surface area contributed by atoms with E-state index in [1.807, 2.05) is 13.8 Å². The summed E-state index contributed by atoms with van der Waals surface area (Å²) in [6, 6.07) is 2.83. The standard InChI is InChI=1S/C8H6F4O.C2H6/c1-5-4-6(9)2-3-7(5)13-8(10,11)12;1-2/h2-4H,1H3;1-2H3. The fourth-order valence-electron chi connectivity index (χ4n) is 0.852. The van der Waals surface area contributed by atoms with Crippen LogP contribution in [0.1, 0.15) is 19.4 Å². The Hall–Kier alpha value is -1.26. The highest BCUT2D eigenvalue weighted by molar-refractivity contribution is 5.32. The summed E-state index contributed by atoms with van der Waals surface area (Å²) < 4.78 is 51.2. The van der Waals surface area contributed by atoms with Crippen LogP contribution < -0.4 is 4.74 Å². The summed E-state index contributed by atoms with van der Waals surface area (Å²) in [6.45, 7) is 5.34. The van der Waals surface area contributed by atoms with Crippen molar-refractivity contribution < 1.29 is 22.3 Å². The van der Waals surface area contributed by atoms with Gasteiger partial charge in [-0.05, 0) is 30.7 Å². The number of rotatable bonds is 1. The molecule has 0 N–H and O–H groups in total. The predicted molar refractivity (Wildman–Crippen MR) is 49.2 cm³/mol. The lowest BCUT2D eigenvalue weighted by atomic mass is 10.2. The molecule has 86 valence electrons. The van der Waals surface area contributed by atoms with E-state index in [1.165, 1.54) is 6.92 Å². The van der Waals surface area contributed by atoms with Crippen LogP contribution in [0.3, 0.4) is 0 Å². The first-order valence-electron chi connectivity index (χ1n) is 4.40. The van der Waals surface area contributed by atoms with Crippen LogP contribution in [0.15, 0.2) is 18.2 Å². The lowest BCUT2D eigenvalue weighted by Crippen LogP contribution is -2.17. The summed E-state index contributed by atoms with van der Waals surface area (Å²) in [5, 5.41) is 0. The molecule has 0 unspecified atom stereocenters. The smallest absolute Gasteiger partial charge is 0.406 e. The Balaban J connectivity index is 0.000000921. The van der Waals surface area contributed by atoms with Gasteiger partial charge in [0.2, 0.25) is 0 Å². The molecule has 0 bridgehead atoms. The van der Waals surface area contributed by atoms with Crippen molar-refractivity contribution in [2.45, 2.75) is 27.1 Å². The van der Waals surface area contributed by atoms with E-state index in [9.17, 15) is 17.6 Å². The average molecular weight is 224 g/mol. The highest BCUT2D eigenvalue weighted by Gasteiger charge is 2.31. The van der Waals surface area contributed by atoms with Crippen LogP contribution >= 0.6 is 0 Å². The van der Waals surface area contributed by atoms with Crippen LogP contribution in [0.2, 0.25) is 0 Å². The minimum Gasteiger partial charge on any atom is -0.406 e. The van der Waals surface area contributed by atoms with Crippen molar-refractivity contribution in [3.63, 3.8) is 0 Å². The van der Waals surface area contributed by atoms with E-state index in [0.29, 0.717) is 0 Å². The van der Waals surface area contributed by atoms with Gasteiger partial charge in [0.05, 0.1) is 0 Å². The number of hydrogen-bond acceptors (Lipinski definition) is 1. The Morgan fingerprint density at radius 3 is 2.07 bits per heavy atom. The topological polar surface area (TPSA) is 9.23 Å². The van der Waals surface area contributed by atoms with E-state index in [-0.39, 0.29) is 11.3 Å². The molecule has 1 aromatic carbocycles. The van der Waals surface area contributed by atoms with Crippen molar-refractivity contribution in [3.8, 4) is 5.75 Å². The highest BCUT2D eigenvalue weighted by atomic mass is 19.4. The van der Waals surface area contributed by atoms with Crippen LogP contribution in [0.5, 0.6) is 5.75 Å². The largest absolute Gasteiger partial charge is 0.573 e. The van der Waals surface area contributed by atoms with E-state index in [4.69, 9.17) is 0 Å². The summed E-state index contributed by atoms with van der Waals surface area (Å²) >= 11 is 0. The van der Waals surface area contributed by atoms with Crippen molar-refractivity contribution >= 4 is 0 Å². The quantitative estimate of drug-likeness (QED) is 0.653. The third-order valence-electron chi connectivity index (χ3n) is 1.36. The molecule has 0 aliphatic heterocycles. The van der Waals surface area contributed by atoms with Gasteiger partial charge in [0, 0.05) is 0 Å². The van der Waals surface area contributed by atoms with Gasteiger partial charge in [-0.25, -0.2) is 4.39 Å². The van der Waals surface area contributed by atoms with E-state index in [0.717, 1.165) is 18.2 Å². The first-order valence-corrected chi connectivity index (χ1v) is 4.40. The molecule has 0 aliphatic carbocycles. The first kappa shape index (κ1) is 13.7. The lowest BCUT2D eigenvalue weighted by molar-refractivity contribution is -0.274. The lowest BCUT2D eigenvalue weighted by Gasteiger charge is -2.10. The molecule has 0 aromatic heterocycles. The van der Waals surface area contributed by atoms with Gasteiger partial charge in [0.25, 0.3) is 0 Å². The molecule has 0 aliphatic rings. The molecule has 0 spiro atoms. The summed E-state index contributed by atoms with van der Waals surface area (Å²) in [5.41, 5.74) is 0.109. The third-order valence-corrected chi connectivity index (χ3v) is 1.36. The van der Waals surface area contributed by atoms with E-state index >= 15 is 0 Å². The molecule has 0 saturated heterocycles. The van der Waals surface area contributed by atoms with Crippen LogP contribution in [0, 0.1) is 12.7 Å². The van der Waals surface area contributed by atoms with Crippen molar-refractivity contribution in [2.75, 3.05) is 0 Å². The van der Waals surface area contributed by atoms with E-state index < -0.39 is 12.2 Å². The molecule has 0 amide bonds. The van der Waals surface area contributed by atoms with Crippen LogP contribution in [0.4, 0.5) is 17.6 Å². The summed E-state index contributed by atoms with van der Waals surface area (Å²) in [5.74, 6) is -0.971. The Morgan fingerprint density at radius 2 is 1.67 bits per heavy atom. The first-order chi connectivity index (χ1) is 6.88. The van der Waals surface area contributed by atoms with Gasteiger partial charge < -0.3 is 4.74 Å². The van der Waals surface area contributed by atoms with Gasteiger partial charge in [-0.15, -0.1) is 13.2 Å². The normalized spacial score (nSPS) is 10.3. The molecule has 0 saturated carbocycles. The number of hydrogen-bond donors (Lipinski definition) is 0. The fourth-order valence-corrected chi connectivity index (χ4v) is 0.852. The zero-order chi connectivity index (χ0) is 12.1. The Labute approximate surface area is 85.7 Å². The van der Waals surface area contributed by atoms with Crippen LogP contribution in [0.25, 0.3) is 0 Å². The predicted octanol–water partition coefficient (Wildman–Crippen LogP) is 4.06. The molecule has 1 aromatic rings. The highest BCUT2D eigenvalue weighted by Crippen LogP contribution is 2.25. The summed E-state index contributed by atoms with van der Waals surface area (Å²) in [6.07, 6.45) is -4.73. The van der Waals surface area contributed by atoms with Crippen molar-refractivity contribution in [3.05, 3.63) is 29.6 Å². The summed E-state index contributed by atoms with van der Waals surface area (Å²) in [4.78, 5) is 0. The number of benzene rings is 1. The number of halogens is 4. The SMILES string of the molecule is CC.Cc1cc(F)ccc1OC(F)(F)F. The molecule has 0 radical (unpaired) electrons. The van der Waals surface area contributed by atoms with Gasteiger partial charge in [-0.2, -0.15) is 0 Å². The van der Waals surface area contributed by atoms with Crippen molar-refractivity contribution in [1.29, 1.82) is 0 Å². The zero-order valence-corrected chi connectivity index (χ0v) is 8.65. The van der Waals surface area contributed by atoms with Crippen LogP contribution in [-0.2, 0) is 0 Å². The molecule has 1 rings (SSSR count). The molecule has 0 fully saturated rings. The van der Waals surface area contributed by atoms with E-state index in [2.05, 4.69) is 4.74 Å². The molecular formula is C10H12F4O. The van der Waals surface area contributed by atoms with Gasteiger partial charge in [-0.1, -0.05) is 13.8 Å². The maximum Gasteiger partial charge on any atom is 0.573 e.